The van der Waals surface area contributed by atoms with Crippen LogP contribution in [-0.4, -0.2) is 16.1 Å². The summed E-state index contributed by atoms with van der Waals surface area (Å²) in [7, 11) is 2.05. The van der Waals surface area contributed by atoms with E-state index in [0.717, 1.165) is 29.7 Å². The maximum Gasteiger partial charge on any atom is 0.108 e. The SMILES string of the molecule is CCNC(CCc1nccn1C)c1ccc(Br)cc1. The van der Waals surface area contributed by atoms with Gasteiger partial charge in [-0.05, 0) is 30.7 Å². The molecular formula is C15H20BrN3. The van der Waals surface area contributed by atoms with Gasteiger partial charge in [-0.15, -0.1) is 0 Å². The van der Waals surface area contributed by atoms with Gasteiger partial charge in [0.25, 0.3) is 0 Å². The van der Waals surface area contributed by atoms with E-state index in [0.29, 0.717) is 6.04 Å². The van der Waals surface area contributed by atoms with E-state index >= 15 is 0 Å². The minimum Gasteiger partial charge on any atom is -0.338 e. The van der Waals surface area contributed by atoms with Crippen LogP contribution in [0.5, 0.6) is 0 Å². The molecule has 0 radical (unpaired) electrons. The zero-order chi connectivity index (χ0) is 13.7. The average molecular weight is 322 g/mol. The highest BCUT2D eigenvalue weighted by atomic mass is 79.9. The lowest BCUT2D eigenvalue weighted by molar-refractivity contribution is 0.505. The molecule has 1 heterocycles. The standard InChI is InChI=1S/C15H20BrN3/c1-3-17-14(12-4-6-13(16)7-5-12)8-9-15-18-10-11-19(15)2/h4-7,10-11,14,17H,3,8-9H2,1-2H3. The quantitative estimate of drug-likeness (QED) is 0.883. The van der Waals surface area contributed by atoms with Gasteiger partial charge in [-0.2, -0.15) is 0 Å². The molecule has 1 N–H and O–H groups in total. The first-order valence-corrected chi connectivity index (χ1v) is 7.45. The molecule has 0 aliphatic heterocycles. The number of rotatable bonds is 6. The lowest BCUT2D eigenvalue weighted by Gasteiger charge is -2.18. The van der Waals surface area contributed by atoms with Crippen molar-refractivity contribution in [1.82, 2.24) is 14.9 Å². The number of nitrogens with zero attached hydrogens (tertiary/aromatic N) is 2. The van der Waals surface area contributed by atoms with Gasteiger partial charge in [0.15, 0.2) is 0 Å². The summed E-state index contributed by atoms with van der Waals surface area (Å²) in [6.45, 7) is 3.12. The van der Waals surface area contributed by atoms with Crippen molar-refractivity contribution in [3.63, 3.8) is 0 Å². The highest BCUT2D eigenvalue weighted by Crippen LogP contribution is 2.21. The molecule has 19 heavy (non-hydrogen) atoms. The highest BCUT2D eigenvalue weighted by molar-refractivity contribution is 9.10. The third-order valence-electron chi connectivity index (χ3n) is 3.30. The summed E-state index contributed by atoms with van der Waals surface area (Å²) in [4.78, 5) is 4.38. The molecule has 1 aromatic heterocycles. The fourth-order valence-corrected chi connectivity index (χ4v) is 2.50. The monoisotopic (exact) mass is 321 g/mol. The molecule has 4 heteroatoms. The molecule has 1 atom stereocenters. The second kappa shape index (κ2) is 6.87. The fourth-order valence-electron chi connectivity index (χ4n) is 2.24. The van der Waals surface area contributed by atoms with E-state index < -0.39 is 0 Å². The lowest BCUT2D eigenvalue weighted by atomic mass is 10.0. The molecule has 0 amide bonds. The van der Waals surface area contributed by atoms with E-state index in [9.17, 15) is 0 Å². The molecule has 2 rings (SSSR count). The largest absolute Gasteiger partial charge is 0.338 e. The third-order valence-corrected chi connectivity index (χ3v) is 3.83. The molecular weight excluding hydrogens is 302 g/mol. The molecule has 2 aromatic rings. The van der Waals surface area contributed by atoms with Gasteiger partial charge in [-0.1, -0.05) is 35.0 Å². The molecule has 0 bridgehead atoms. The molecule has 1 unspecified atom stereocenters. The van der Waals surface area contributed by atoms with E-state index in [2.05, 4.69) is 62.0 Å². The van der Waals surface area contributed by atoms with Crippen LogP contribution in [-0.2, 0) is 13.5 Å². The van der Waals surface area contributed by atoms with Gasteiger partial charge in [-0.3, -0.25) is 0 Å². The van der Waals surface area contributed by atoms with Gasteiger partial charge >= 0.3 is 0 Å². The summed E-state index contributed by atoms with van der Waals surface area (Å²) in [5.41, 5.74) is 1.33. The number of hydrogen-bond acceptors (Lipinski definition) is 2. The Morgan fingerprint density at radius 2 is 2.05 bits per heavy atom. The van der Waals surface area contributed by atoms with Crippen molar-refractivity contribution in [2.45, 2.75) is 25.8 Å². The van der Waals surface area contributed by atoms with Crippen molar-refractivity contribution in [2.24, 2.45) is 7.05 Å². The summed E-state index contributed by atoms with van der Waals surface area (Å²) in [6.07, 6.45) is 5.89. The summed E-state index contributed by atoms with van der Waals surface area (Å²) >= 11 is 3.48. The summed E-state index contributed by atoms with van der Waals surface area (Å²) in [6, 6.07) is 8.93. The Balaban J connectivity index is 2.04. The Hall–Kier alpha value is -1.13. The van der Waals surface area contributed by atoms with E-state index in [1.165, 1.54) is 5.56 Å². The third kappa shape index (κ3) is 3.91. The summed E-state index contributed by atoms with van der Waals surface area (Å²) < 4.78 is 3.21. The van der Waals surface area contributed by atoms with Gasteiger partial charge < -0.3 is 9.88 Å². The topological polar surface area (TPSA) is 29.9 Å². The van der Waals surface area contributed by atoms with E-state index in [4.69, 9.17) is 0 Å². The van der Waals surface area contributed by atoms with Crippen molar-refractivity contribution in [1.29, 1.82) is 0 Å². The number of halogens is 1. The first-order chi connectivity index (χ1) is 9.20. The molecule has 0 aliphatic carbocycles. The number of imidazole rings is 1. The first kappa shape index (κ1) is 14.3. The summed E-state index contributed by atoms with van der Waals surface area (Å²) in [5.74, 6) is 1.14. The van der Waals surface area contributed by atoms with Gasteiger partial charge in [0.1, 0.15) is 5.82 Å². The molecule has 3 nitrogen and oxygen atoms in total. The predicted octanol–water partition coefficient (Wildman–Crippen LogP) is 3.47. The summed E-state index contributed by atoms with van der Waals surface area (Å²) in [5, 5.41) is 3.55. The maximum atomic E-state index is 4.38. The second-order valence-corrected chi connectivity index (χ2v) is 5.57. The molecule has 1 aromatic carbocycles. The van der Waals surface area contributed by atoms with Crippen molar-refractivity contribution < 1.29 is 0 Å². The number of aromatic nitrogens is 2. The van der Waals surface area contributed by atoms with Crippen LogP contribution in [0.4, 0.5) is 0 Å². The van der Waals surface area contributed by atoms with Gasteiger partial charge in [0.05, 0.1) is 0 Å². The lowest BCUT2D eigenvalue weighted by Crippen LogP contribution is -2.21. The molecule has 0 aliphatic rings. The average Bonchev–Trinajstić information content (AvgIpc) is 2.81. The molecule has 0 spiro atoms. The Bertz CT molecular complexity index is 504. The highest BCUT2D eigenvalue weighted by Gasteiger charge is 2.11. The minimum atomic E-state index is 0.384. The number of nitrogens with one attached hydrogen (secondary N) is 1. The van der Waals surface area contributed by atoms with Crippen LogP contribution in [0.15, 0.2) is 41.1 Å². The van der Waals surface area contributed by atoms with Crippen LogP contribution in [0.3, 0.4) is 0 Å². The molecule has 102 valence electrons. The fraction of sp³-hybridized carbons (Fsp3) is 0.400. The number of aryl methyl sites for hydroxylation is 2. The van der Waals surface area contributed by atoms with Crippen molar-refractivity contribution >= 4 is 15.9 Å². The zero-order valence-electron chi connectivity index (χ0n) is 11.4. The Kier molecular flexibility index (Phi) is 5.16. The van der Waals surface area contributed by atoms with Crippen molar-refractivity contribution in [2.75, 3.05) is 6.54 Å². The van der Waals surface area contributed by atoms with Gasteiger partial charge in [0.2, 0.25) is 0 Å². The minimum absolute atomic E-state index is 0.384. The number of benzene rings is 1. The van der Waals surface area contributed by atoms with E-state index in [-0.39, 0.29) is 0 Å². The van der Waals surface area contributed by atoms with Crippen LogP contribution in [0, 0.1) is 0 Å². The predicted molar refractivity (Wildman–Crippen MR) is 82.1 cm³/mol. The van der Waals surface area contributed by atoms with E-state index in [1.807, 2.05) is 19.4 Å². The van der Waals surface area contributed by atoms with E-state index in [1.54, 1.807) is 0 Å². The van der Waals surface area contributed by atoms with Crippen LogP contribution in [0.25, 0.3) is 0 Å². The normalized spacial score (nSPS) is 12.6. The van der Waals surface area contributed by atoms with Crippen LogP contribution in [0.1, 0.15) is 30.8 Å². The number of hydrogen-bond donors (Lipinski definition) is 1. The Morgan fingerprint density at radius 3 is 2.63 bits per heavy atom. The van der Waals surface area contributed by atoms with Crippen LogP contribution in [0.2, 0.25) is 0 Å². The second-order valence-electron chi connectivity index (χ2n) is 4.65. The van der Waals surface area contributed by atoms with Crippen LogP contribution >= 0.6 is 15.9 Å². The maximum absolute atomic E-state index is 4.38. The molecule has 0 saturated carbocycles. The molecule has 0 fully saturated rings. The van der Waals surface area contributed by atoms with Gasteiger partial charge in [-0.25, -0.2) is 4.98 Å². The van der Waals surface area contributed by atoms with Crippen molar-refractivity contribution in [3.8, 4) is 0 Å². The Morgan fingerprint density at radius 1 is 1.32 bits per heavy atom. The first-order valence-electron chi connectivity index (χ1n) is 6.65. The van der Waals surface area contributed by atoms with Gasteiger partial charge in [0, 0.05) is 36.4 Å². The smallest absolute Gasteiger partial charge is 0.108 e. The van der Waals surface area contributed by atoms with Crippen LogP contribution < -0.4 is 5.32 Å². The Labute approximate surface area is 123 Å². The molecule has 0 saturated heterocycles. The van der Waals surface area contributed by atoms with Crippen molar-refractivity contribution in [3.05, 3.63) is 52.5 Å². The zero-order valence-corrected chi connectivity index (χ0v) is 13.0.